The summed E-state index contributed by atoms with van der Waals surface area (Å²) in [5, 5.41) is 2.72. The maximum atomic E-state index is 2.62. The van der Waals surface area contributed by atoms with Crippen LogP contribution in [0.25, 0.3) is 33.0 Å². The molecule has 9 rings (SSSR count). The topological polar surface area (TPSA) is 3.24 Å². The van der Waals surface area contributed by atoms with Gasteiger partial charge in [-0.3, -0.25) is 0 Å². The first-order valence-corrected chi connectivity index (χ1v) is 17.4. The van der Waals surface area contributed by atoms with Crippen LogP contribution in [0, 0.1) is 6.92 Å². The molecule has 3 aliphatic rings. The number of benzene rings is 6. The Morgan fingerprint density at radius 3 is 1.98 bits per heavy atom. The Hall–Kier alpha value is -4.56. The molecule has 0 bridgehead atoms. The lowest BCUT2D eigenvalue weighted by Gasteiger charge is -2.45. The number of rotatable bonds is 2. The van der Waals surface area contributed by atoms with E-state index in [0.29, 0.717) is 0 Å². The van der Waals surface area contributed by atoms with Gasteiger partial charge in [0.15, 0.2) is 0 Å². The van der Waals surface area contributed by atoms with Crippen molar-refractivity contribution in [3.05, 3.63) is 143 Å². The Labute approximate surface area is 280 Å². The second-order valence-electron chi connectivity index (χ2n) is 15.6. The lowest BCUT2D eigenvalue weighted by atomic mass is 9.39. The third-order valence-corrected chi connectivity index (χ3v) is 12.0. The van der Waals surface area contributed by atoms with Crippen molar-refractivity contribution < 1.29 is 0 Å². The fourth-order valence-electron chi connectivity index (χ4n) is 9.43. The van der Waals surface area contributed by atoms with Gasteiger partial charge in [-0.2, -0.15) is 0 Å². The van der Waals surface area contributed by atoms with E-state index < -0.39 is 0 Å². The number of anilines is 2. The monoisotopic (exact) mass is 607 g/mol. The van der Waals surface area contributed by atoms with Crippen molar-refractivity contribution in [2.45, 2.75) is 71.1 Å². The minimum atomic E-state index is 0.0707. The van der Waals surface area contributed by atoms with E-state index in [1.54, 1.807) is 0 Å². The molecule has 2 heterocycles. The van der Waals surface area contributed by atoms with Gasteiger partial charge in [0.1, 0.15) is 0 Å². The maximum absolute atomic E-state index is 2.62. The van der Waals surface area contributed by atoms with E-state index in [1.807, 2.05) is 0 Å². The molecule has 1 nitrogen and oxygen atoms in total. The summed E-state index contributed by atoms with van der Waals surface area (Å²) in [6.07, 6.45) is 2.44. The van der Waals surface area contributed by atoms with Crippen LogP contribution in [0.15, 0.2) is 115 Å². The molecule has 0 aromatic heterocycles. The Balaban J connectivity index is 1.46. The van der Waals surface area contributed by atoms with Crippen LogP contribution in [0.5, 0.6) is 0 Å². The van der Waals surface area contributed by atoms with Gasteiger partial charge in [0, 0.05) is 22.9 Å². The number of hydrogen-bond acceptors (Lipinski definition) is 1. The highest BCUT2D eigenvalue weighted by molar-refractivity contribution is 6.92. The van der Waals surface area contributed by atoms with Gasteiger partial charge in [-0.15, -0.1) is 0 Å². The largest absolute Gasteiger partial charge is 0.376 e. The number of hydrogen-bond donors (Lipinski definition) is 0. The molecule has 1 aliphatic carbocycles. The average Bonchev–Trinajstić information content (AvgIpc) is 3.08. The highest BCUT2D eigenvalue weighted by atomic mass is 15.1. The molecule has 0 fully saturated rings. The van der Waals surface area contributed by atoms with E-state index in [0.717, 1.165) is 0 Å². The van der Waals surface area contributed by atoms with Crippen molar-refractivity contribution >= 4 is 39.9 Å². The first kappa shape index (κ1) is 28.7. The summed E-state index contributed by atoms with van der Waals surface area (Å²) in [5.74, 6) is 0.249. The Morgan fingerprint density at radius 1 is 0.638 bits per heavy atom. The first-order chi connectivity index (χ1) is 22.7. The van der Waals surface area contributed by atoms with Crippen LogP contribution < -0.4 is 15.7 Å². The summed E-state index contributed by atoms with van der Waals surface area (Å²) in [7, 11) is 0. The van der Waals surface area contributed by atoms with E-state index in [2.05, 4.69) is 162 Å². The molecule has 0 N–H and O–H groups in total. The van der Waals surface area contributed by atoms with Crippen molar-refractivity contribution in [2.24, 2.45) is 0 Å². The highest BCUT2D eigenvalue weighted by Crippen LogP contribution is 2.52. The predicted octanol–water partition coefficient (Wildman–Crippen LogP) is 10.6. The molecule has 0 radical (unpaired) electrons. The summed E-state index contributed by atoms with van der Waals surface area (Å²) in [6.45, 7) is 14.7. The minimum absolute atomic E-state index is 0.0707. The zero-order chi connectivity index (χ0) is 32.2. The van der Waals surface area contributed by atoms with Gasteiger partial charge in [0.25, 0.3) is 0 Å². The first-order valence-electron chi connectivity index (χ1n) is 17.4. The van der Waals surface area contributed by atoms with Gasteiger partial charge in [0.2, 0.25) is 0 Å². The normalized spacial score (nSPS) is 18.3. The molecule has 0 saturated carbocycles. The van der Waals surface area contributed by atoms with E-state index in [1.165, 1.54) is 96.0 Å². The fraction of sp³-hybridized carbons (Fsp3) is 0.244. The van der Waals surface area contributed by atoms with Crippen LogP contribution >= 0.6 is 0 Å². The number of nitrogens with zero attached hydrogens (tertiary/aromatic N) is 1. The van der Waals surface area contributed by atoms with Gasteiger partial charge in [-0.1, -0.05) is 132 Å². The van der Waals surface area contributed by atoms with E-state index in [4.69, 9.17) is 0 Å². The van der Waals surface area contributed by atoms with E-state index in [9.17, 15) is 0 Å². The van der Waals surface area contributed by atoms with Gasteiger partial charge in [-0.25, -0.2) is 0 Å². The second kappa shape index (κ2) is 9.97. The van der Waals surface area contributed by atoms with Crippen LogP contribution in [0.3, 0.4) is 0 Å². The van der Waals surface area contributed by atoms with Crippen LogP contribution in [-0.4, -0.2) is 6.85 Å². The molecule has 0 spiro atoms. The van der Waals surface area contributed by atoms with E-state index in [-0.39, 0.29) is 23.6 Å². The molecule has 47 heavy (non-hydrogen) atoms. The predicted molar refractivity (Wildman–Crippen MR) is 202 cm³/mol. The molecule has 6 aromatic rings. The number of para-hydroxylation sites is 2. The molecule has 230 valence electrons. The summed E-state index contributed by atoms with van der Waals surface area (Å²) >= 11 is 0. The van der Waals surface area contributed by atoms with Crippen molar-refractivity contribution in [2.75, 3.05) is 4.81 Å². The van der Waals surface area contributed by atoms with Crippen LogP contribution in [-0.2, 0) is 10.8 Å². The summed E-state index contributed by atoms with van der Waals surface area (Å²) in [4.78, 5) is 2.62. The SMILES string of the molecule is Cc1cc2c(cc1-c1c3c4c(c5ccccc15)-c1ccccc1N(c1ccccc1)B4c1ccccc1C3C)C(C)(C)CCC2(C)C. The number of aryl methyl sites for hydroxylation is 1. The quantitative estimate of drug-likeness (QED) is 0.177. The second-order valence-corrected chi connectivity index (χ2v) is 15.6. The van der Waals surface area contributed by atoms with Crippen LogP contribution in [0.2, 0.25) is 0 Å². The summed E-state index contributed by atoms with van der Waals surface area (Å²) in [5.41, 5.74) is 18.6. The third kappa shape index (κ3) is 3.97. The van der Waals surface area contributed by atoms with Crippen molar-refractivity contribution in [1.29, 1.82) is 0 Å². The van der Waals surface area contributed by atoms with Crippen molar-refractivity contribution in [3.63, 3.8) is 0 Å². The molecule has 1 atom stereocenters. The minimum Gasteiger partial charge on any atom is -0.376 e. The standard InChI is InChI=1S/C45H42BN/c1-28-26-36-37(45(5,6)25-24-44(36,3)4)27-35(28)41-32-19-10-11-20-33(32)42-34-21-13-15-23-39(34)47(30-16-8-7-9-17-30)46-38-22-14-12-18-31(38)29(2)40(41)43(42)46/h7-23,26-27,29H,24-25H2,1-6H3. The molecule has 2 aliphatic heterocycles. The Bertz CT molecular complexity index is 2240. The van der Waals surface area contributed by atoms with Crippen molar-refractivity contribution in [1.82, 2.24) is 0 Å². The summed E-state index contributed by atoms with van der Waals surface area (Å²) < 4.78 is 0. The maximum Gasteiger partial charge on any atom is 0.329 e. The fourth-order valence-corrected chi connectivity index (χ4v) is 9.43. The lowest BCUT2D eigenvalue weighted by molar-refractivity contribution is 0.332. The van der Waals surface area contributed by atoms with E-state index >= 15 is 0 Å². The highest BCUT2D eigenvalue weighted by Gasteiger charge is 2.46. The zero-order valence-corrected chi connectivity index (χ0v) is 28.5. The zero-order valence-electron chi connectivity index (χ0n) is 28.5. The third-order valence-electron chi connectivity index (χ3n) is 12.0. The smallest absolute Gasteiger partial charge is 0.329 e. The Morgan fingerprint density at radius 2 is 1.23 bits per heavy atom. The number of fused-ring (bicyclic) bond motifs is 7. The molecule has 0 amide bonds. The molecular formula is C45H42BN. The summed E-state index contributed by atoms with van der Waals surface area (Å²) in [6, 6.07) is 43.8. The lowest BCUT2D eigenvalue weighted by Crippen LogP contribution is -2.62. The van der Waals surface area contributed by atoms with Gasteiger partial charge >= 0.3 is 6.85 Å². The molecule has 2 heteroatoms. The van der Waals surface area contributed by atoms with Gasteiger partial charge < -0.3 is 4.81 Å². The van der Waals surface area contributed by atoms with Crippen molar-refractivity contribution in [3.8, 4) is 22.3 Å². The molecule has 6 aromatic carbocycles. The molecule has 1 unspecified atom stereocenters. The molecular weight excluding hydrogens is 565 g/mol. The molecule has 0 saturated heterocycles. The van der Waals surface area contributed by atoms with Crippen LogP contribution in [0.1, 0.15) is 81.2 Å². The Kier molecular flexibility index (Phi) is 6.08. The van der Waals surface area contributed by atoms with Gasteiger partial charge in [-0.05, 0) is 115 Å². The van der Waals surface area contributed by atoms with Crippen LogP contribution in [0.4, 0.5) is 11.4 Å². The van der Waals surface area contributed by atoms with Gasteiger partial charge in [0.05, 0.1) is 0 Å². The average molecular weight is 608 g/mol.